The molecule has 0 aliphatic carbocycles. The zero-order chi connectivity index (χ0) is 20.2. The van der Waals surface area contributed by atoms with E-state index in [0.29, 0.717) is 24.2 Å². The maximum Gasteiger partial charge on any atom is 0.249 e. The SMILES string of the molecule is O=C1CC[C@@H](Nc2ccc(F)c(N3CCN(CC4CCNCC4)CC3)c2)C(=O)N1. The molecule has 1 aromatic rings. The van der Waals surface area contributed by atoms with Crippen LogP contribution in [0.25, 0.3) is 0 Å². The highest BCUT2D eigenvalue weighted by molar-refractivity contribution is 6.01. The highest BCUT2D eigenvalue weighted by Gasteiger charge is 2.27. The molecule has 3 saturated heterocycles. The number of piperazine rings is 1. The minimum Gasteiger partial charge on any atom is -0.374 e. The Balaban J connectivity index is 1.34. The Morgan fingerprint density at radius 3 is 2.55 bits per heavy atom. The Morgan fingerprint density at radius 2 is 1.83 bits per heavy atom. The van der Waals surface area contributed by atoms with Gasteiger partial charge < -0.3 is 15.5 Å². The van der Waals surface area contributed by atoms with Gasteiger partial charge in [-0.2, -0.15) is 0 Å². The van der Waals surface area contributed by atoms with Gasteiger partial charge in [0.25, 0.3) is 0 Å². The fourth-order valence-corrected chi connectivity index (χ4v) is 4.48. The molecule has 158 valence electrons. The maximum absolute atomic E-state index is 14.5. The van der Waals surface area contributed by atoms with E-state index >= 15 is 0 Å². The standard InChI is InChI=1S/C21H30FN5O2/c22-17-2-1-16(24-18-3-4-20(28)25-21(18)29)13-19(17)27-11-9-26(10-12-27)14-15-5-7-23-8-6-15/h1-2,13,15,18,23-24H,3-12,14H2,(H,25,28,29)/t18-/m1/s1. The summed E-state index contributed by atoms with van der Waals surface area (Å²) < 4.78 is 14.5. The molecule has 3 aliphatic rings. The average Bonchev–Trinajstić information content (AvgIpc) is 2.73. The van der Waals surface area contributed by atoms with Crippen molar-refractivity contribution in [1.29, 1.82) is 0 Å². The van der Waals surface area contributed by atoms with E-state index in [1.807, 2.05) is 0 Å². The molecule has 0 aromatic heterocycles. The highest BCUT2D eigenvalue weighted by atomic mass is 19.1. The molecule has 0 unspecified atom stereocenters. The summed E-state index contributed by atoms with van der Waals surface area (Å²) in [5, 5.41) is 8.90. The smallest absolute Gasteiger partial charge is 0.249 e. The van der Waals surface area contributed by atoms with Crippen LogP contribution in [0.4, 0.5) is 15.8 Å². The number of anilines is 2. The van der Waals surface area contributed by atoms with Crippen LogP contribution in [-0.2, 0) is 9.59 Å². The Morgan fingerprint density at radius 1 is 1.07 bits per heavy atom. The number of carbonyl (C=O) groups is 2. The number of nitrogens with zero attached hydrogens (tertiary/aromatic N) is 2. The number of carbonyl (C=O) groups excluding carboxylic acids is 2. The first kappa shape index (κ1) is 20.1. The molecule has 1 atom stereocenters. The van der Waals surface area contributed by atoms with Gasteiger partial charge in [-0.15, -0.1) is 0 Å². The molecule has 3 heterocycles. The second-order valence-electron chi connectivity index (χ2n) is 8.30. The van der Waals surface area contributed by atoms with Crippen LogP contribution in [0.15, 0.2) is 18.2 Å². The first-order valence-corrected chi connectivity index (χ1v) is 10.7. The van der Waals surface area contributed by atoms with Gasteiger partial charge >= 0.3 is 0 Å². The van der Waals surface area contributed by atoms with Gasteiger partial charge in [0.05, 0.1) is 5.69 Å². The minimum absolute atomic E-state index is 0.241. The van der Waals surface area contributed by atoms with Crippen molar-refractivity contribution in [2.75, 3.05) is 56.0 Å². The Bertz CT molecular complexity index is 745. The third-order valence-electron chi connectivity index (χ3n) is 6.21. The number of nitrogens with one attached hydrogen (secondary N) is 3. The summed E-state index contributed by atoms with van der Waals surface area (Å²) in [5.74, 6) is -0.0416. The van der Waals surface area contributed by atoms with Gasteiger partial charge in [-0.3, -0.25) is 19.8 Å². The van der Waals surface area contributed by atoms with E-state index in [9.17, 15) is 14.0 Å². The zero-order valence-electron chi connectivity index (χ0n) is 16.8. The van der Waals surface area contributed by atoms with Crippen LogP contribution in [0.1, 0.15) is 25.7 Å². The summed E-state index contributed by atoms with van der Waals surface area (Å²) in [5.41, 5.74) is 1.27. The first-order valence-electron chi connectivity index (χ1n) is 10.7. The molecule has 2 amide bonds. The Kier molecular flexibility index (Phi) is 6.30. The van der Waals surface area contributed by atoms with Gasteiger partial charge in [0.2, 0.25) is 11.8 Å². The summed E-state index contributed by atoms with van der Waals surface area (Å²) in [7, 11) is 0. The number of amides is 2. The number of imide groups is 1. The quantitative estimate of drug-likeness (QED) is 0.641. The van der Waals surface area contributed by atoms with Gasteiger partial charge in [0, 0.05) is 44.8 Å². The number of rotatable bonds is 5. The molecule has 3 aliphatic heterocycles. The molecule has 0 spiro atoms. The zero-order valence-corrected chi connectivity index (χ0v) is 16.8. The monoisotopic (exact) mass is 403 g/mol. The fraction of sp³-hybridized carbons (Fsp3) is 0.619. The topological polar surface area (TPSA) is 76.7 Å². The van der Waals surface area contributed by atoms with Crippen LogP contribution in [0.3, 0.4) is 0 Å². The van der Waals surface area contributed by atoms with Crippen molar-refractivity contribution >= 4 is 23.2 Å². The molecular weight excluding hydrogens is 373 g/mol. The van der Waals surface area contributed by atoms with E-state index < -0.39 is 6.04 Å². The molecule has 0 radical (unpaired) electrons. The van der Waals surface area contributed by atoms with Crippen LogP contribution in [-0.4, -0.2) is 68.6 Å². The molecule has 3 N–H and O–H groups in total. The number of hydrogen-bond donors (Lipinski definition) is 3. The molecule has 8 heteroatoms. The van der Waals surface area contributed by atoms with Gasteiger partial charge in [-0.25, -0.2) is 4.39 Å². The van der Waals surface area contributed by atoms with E-state index in [-0.39, 0.29) is 17.6 Å². The lowest BCUT2D eigenvalue weighted by molar-refractivity contribution is -0.133. The van der Waals surface area contributed by atoms with E-state index in [0.717, 1.165) is 51.7 Å². The van der Waals surface area contributed by atoms with Crippen molar-refractivity contribution in [3.8, 4) is 0 Å². The molecule has 29 heavy (non-hydrogen) atoms. The number of halogens is 1. The summed E-state index contributed by atoms with van der Waals surface area (Å²) in [6.07, 6.45) is 3.25. The summed E-state index contributed by atoms with van der Waals surface area (Å²) in [4.78, 5) is 27.9. The van der Waals surface area contributed by atoms with E-state index in [2.05, 4.69) is 25.8 Å². The minimum atomic E-state index is -0.465. The first-order chi connectivity index (χ1) is 14.1. The molecular formula is C21H30FN5O2. The number of benzene rings is 1. The van der Waals surface area contributed by atoms with Crippen molar-refractivity contribution in [3.63, 3.8) is 0 Å². The maximum atomic E-state index is 14.5. The molecule has 4 rings (SSSR count). The highest BCUT2D eigenvalue weighted by Crippen LogP contribution is 2.26. The van der Waals surface area contributed by atoms with Gasteiger partial charge in [-0.05, 0) is 56.5 Å². The van der Waals surface area contributed by atoms with Crippen molar-refractivity contribution in [2.24, 2.45) is 5.92 Å². The second kappa shape index (κ2) is 9.09. The fourth-order valence-electron chi connectivity index (χ4n) is 4.48. The molecule has 0 saturated carbocycles. The van der Waals surface area contributed by atoms with Crippen LogP contribution in [0.5, 0.6) is 0 Å². The van der Waals surface area contributed by atoms with Crippen LogP contribution >= 0.6 is 0 Å². The lowest BCUT2D eigenvalue weighted by Crippen LogP contribution is -2.49. The van der Waals surface area contributed by atoms with Crippen LogP contribution < -0.4 is 20.9 Å². The van der Waals surface area contributed by atoms with Gasteiger partial charge in [-0.1, -0.05) is 0 Å². The summed E-state index contributed by atoms with van der Waals surface area (Å²) >= 11 is 0. The summed E-state index contributed by atoms with van der Waals surface area (Å²) in [6.45, 7) is 6.83. The Hall–Kier alpha value is -2.19. The molecule has 3 fully saturated rings. The van der Waals surface area contributed by atoms with Crippen molar-refractivity contribution in [1.82, 2.24) is 15.5 Å². The van der Waals surface area contributed by atoms with Crippen LogP contribution in [0.2, 0.25) is 0 Å². The number of hydrogen-bond acceptors (Lipinski definition) is 6. The summed E-state index contributed by atoms with van der Waals surface area (Å²) in [6, 6.07) is 4.41. The third-order valence-corrected chi connectivity index (χ3v) is 6.21. The van der Waals surface area contributed by atoms with Crippen molar-refractivity contribution < 1.29 is 14.0 Å². The van der Waals surface area contributed by atoms with E-state index in [1.165, 1.54) is 18.9 Å². The predicted molar refractivity (Wildman–Crippen MR) is 110 cm³/mol. The Labute approximate surface area is 171 Å². The molecule has 7 nitrogen and oxygen atoms in total. The predicted octanol–water partition coefficient (Wildman–Crippen LogP) is 1.16. The van der Waals surface area contributed by atoms with Gasteiger partial charge in [0.1, 0.15) is 11.9 Å². The lowest BCUT2D eigenvalue weighted by atomic mass is 9.97. The molecule has 1 aromatic carbocycles. The largest absolute Gasteiger partial charge is 0.374 e. The number of piperidine rings is 2. The second-order valence-corrected chi connectivity index (χ2v) is 8.30. The normalized spacial score (nSPS) is 24.4. The average molecular weight is 404 g/mol. The third kappa shape index (κ3) is 5.05. The van der Waals surface area contributed by atoms with Crippen LogP contribution in [0, 0.1) is 11.7 Å². The van der Waals surface area contributed by atoms with E-state index in [4.69, 9.17) is 0 Å². The van der Waals surface area contributed by atoms with E-state index in [1.54, 1.807) is 12.1 Å². The molecule has 0 bridgehead atoms. The van der Waals surface area contributed by atoms with Crippen molar-refractivity contribution in [2.45, 2.75) is 31.7 Å². The van der Waals surface area contributed by atoms with Gasteiger partial charge in [0.15, 0.2) is 0 Å². The lowest BCUT2D eigenvalue weighted by Gasteiger charge is -2.38. The van der Waals surface area contributed by atoms with Crippen molar-refractivity contribution in [3.05, 3.63) is 24.0 Å².